The zero-order chi connectivity index (χ0) is 22.5. The molecule has 2 fully saturated rings. The molecule has 1 aliphatic heterocycles. The summed E-state index contributed by atoms with van der Waals surface area (Å²) >= 11 is 0. The predicted octanol–water partition coefficient (Wildman–Crippen LogP) is 4.00. The van der Waals surface area contributed by atoms with Gasteiger partial charge in [0.15, 0.2) is 0 Å². The predicted molar refractivity (Wildman–Crippen MR) is 121 cm³/mol. The van der Waals surface area contributed by atoms with Gasteiger partial charge in [0.2, 0.25) is 5.91 Å². The number of aromatic nitrogens is 1. The van der Waals surface area contributed by atoms with Crippen LogP contribution in [0.25, 0.3) is 0 Å². The van der Waals surface area contributed by atoms with Gasteiger partial charge in [0, 0.05) is 24.0 Å². The largest absolute Gasteiger partial charge is 0.379 e. The number of para-hydroxylation sites is 1. The SMILES string of the molecule is CC1(C)C=C2NC(c3ccnc(NC(=O)[C@H]4CC4F)c3)C(Nc3ccccc3)C2C(=O)C1. The lowest BCUT2D eigenvalue weighted by Gasteiger charge is -2.31. The molecule has 0 spiro atoms. The molecular formula is C25H27FN4O2. The summed E-state index contributed by atoms with van der Waals surface area (Å²) in [7, 11) is 0. The van der Waals surface area contributed by atoms with Crippen LogP contribution in [0.5, 0.6) is 0 Å². The van der Waals surface area contributed by atoms with Crippen molar-refractivity contribution in [3.63, 3.8) is 0 Å². The topological polar surface area (TPSA) is 83.1 Å². The monoisotopic (exact) mass is 434 g/mol. The van der Waals surface area contributed by atoms with Crippen molar-refractivity contribution in [2.75, 3.05) is 10.6 Å². The number of carbonyl (C=O) groups excluding carboxylic acids is 2. The standard InChI is InChI=1S/C25H27FN4O2/c1-25(2)12-18-21(19(31)13-25)23(28-15-6-4-3-5-7-15)22(29-18)14-8-9-27-20(10-14)30-24(32)16-11-17(16)26/h3-10,12,16-17,21-23,28-29H,11,13H2,1-2H3,(H,27,30,32)/t16-,17?,21?,22?,23?/m0/s1. The number of hydrogen-bond donors (Lipinski definition) is 3. The molecule has 0 bridgehead atoms. The Kier molecular flexibility index (Phi) is 4.99. The number of hydrogen-bond acceptors (Lipinski definition) is 5. The van der Waals surface area contributed by atoms with Crippen molar-refractivity contribution in [1.82, 2.24) is 10.3 Å². The molecule has 1 saturated carbocycles. The maximum atomic E-state index is 13.2. The second-order valence-electron chi connectivity index (χ2n) is 9.69. The molecule has 3 aliphatic rings. The Bertz CT molecular complexity index is 1080. The number of alkyl halides is 1. The van der Waals surface area contributed by atoms with Crippen molar-refractivity contribution in [2.24, 2.45) is 17.3 Å². The Hall–Kier alpha value is -3.22. The van der Waals surface area contributed by atoms with Crippen LogP contribution < -0.4 is 16.0 Å². The van der Waals surface area contributed by atoms with Crippen LogP contribution in [0.1, 0.15) is 38.3 Å². The molecule has 5 rings (SSSR count). The molecule has 5 atom stereocenters. The van der Waals surface area contributed by atoms with Gasteiger partial charge < -0.3 is 16.0 Å². The van der Waals surface area contributed by atoms with Crippen molar-refractivity contribution < 1.29 is 14.0 Å². The Morgan fingerprint density at radius 3 is 2.69 bits per heavy atom. The fourth-order valence-electron chi connectivity index (χ4n) is 4.83. The summed E-state index contributed by atoms with van der Waals surface area (Å²) in [5.74, 6) is -0.596. The zero-order valence-corrected chi connectivity index (χ0v) is 18.1. The molecule has 3 N–H and O–H groups in total. The highest BCUT2D eigenvalue weighted by Gasteiger charge is 2.48. The number of allylic oxidation sites excluding steroid dienone is 1. The number of amides is 1. The van der Waals surface area contributed by atoms with Gasteiger partial charge in [-0.2, -0.15) is 0 Å². The second kappa shape index (κ2) is 7.73. The van der Waals surface area contributed by atoms with E-state index in [1.54, 1.807) is 12.3 Å². The number of Topliss-reactive ketones (excluding diaryl/α,β-unsaturated/α-hetero) is 1. The van der Waals surface area contributed by atoms with E-state index in [2.05, 4.69) is 40.9 Å². The first-order valence-corrected chi connectivity index (χ1v) is 11.1. The average molecular weight is 435 g/mol. The lowest BCUT2D eigenvalue weighted by atomic mass is 9.74. The highest BCUT2D eigenvalue weighted by atomic mass is 19.1. The first-order valence-electron chi connectivity index (χ1n) is 11.1. The number of anilines is 2. The lowest BCUT2D eigenvalue weighted by Crippen LogP contribution is -2.38. The van der Waals surface area contributed by atoms with Gasteiger partial charge in [0.05, 0.1) is 23.9 Å². The summed E-state index contributed by atoms with van der Waals surface area (Å²) in [4.78, 5) is 29.6. The van der Waals surface area contributed by atoms with E-state index in [1.165, 1.54) is 0 Å². The number of ketones is 1. The molecule has 6 nitrogen and oxygen atoms in total. The minimum atomic E-state index is -1.06. The van der Waals surface area contributed by atoms with Crippen LogP contribution in [-0.4, -0.2) is 28.9 Å². The smallest absolute Gasteiger partial charge is 0.231 e. The summed E-state index contributed by atoms with van der Waals surface area (Å²) in [6.45, 7) is 4.14. The van der Waals surface area contributed by atoms with Crippen LogP contribution in [0, 0.1) is 17.3 Å². The fraction of sp³-hybridized carbons (Fsp3) is 0.400. The van der Waals surface area contributed by atoms with E-state index in [-0.39, 0.29) is 41.5 Å². The number of rotatable bonds is 5. The fourth-order valence-corrected chi connectivity index (χ4v) is 4.83. The Labute approximate surface area is 186 Å². The van der Waals surface area contributed by atoms with Crippen LogP contribution >= 0.6 is 0 Å². The molecule has 1 aromatic carbocycles. The third-order valence-corrected chi connectivity index (χ3v) is 6.45. The van der Waals surface area contributed by atoms with Crippen molar-refractivity contribution in [3.8, 4) is 0 Å². The van der Waals surface area contributed by atoms with Gasteiger partial charge in [-0.1, -0.05) is 38.1 Å². The van der Waals surface area contributed by atoms with E-state index in [4.69, 9.17) is 0 Å². The first-order chi connectivity index (χ1) is 15.3. The van der Waals surface area contributed by atoms with Gasteiger partial charge in [-0.15, -0.1) is 0 Å². The summed E-state index contributed by atoms with van der Waals surface area (Å²) in [5.41, 5.74) is 2.57. The van der Waals surface area contributed by atoms with Gasteiger partial charge in [0.25, 0.3) is 0 Å². The van der Waals surface area contributed by atoms with Crippen LogP contribution in [0.4, 0.5) is 15.9 Å². The Balaban J connectivity index is 1.46. The zero-order valence-electron chi connectivity index (χ0n) is 18.1. The number of nitrogens with zero attached hydrogens (tertiary/aromatic N) is 1. The Morgan fingerprint density at radius 2 is 1.97 bits per heavy atom. The van der Waals surface area contributed by atoms with Crippen LogP contribution in [0.15, 0.2) is 60.4 Å². The molecule has 166 valence electrons. The number of halogens is 1. The van der Waals surface area contributed by atoms with Crippen molar-refractivity contribution in [2.45, 2.75) is 44.9 Å². The summed E-state index contributed by atoms with van der Waals surface area (Å²) in [6.07, 6.45) is 3.50. The average Bonchev–Trinajstić information content (AvgIpc) is 3.37. The third kappa shape index (κ3) is 3.99. The van der Waals surface area contributed by atoms with E-state index in [9.17, 15) is 14.0 Å². The third-order valence-electron chi connectivity index (χ3n) is 6.45. The van der Waals surface area contributed by atoms with Crippen molar-refractivity contribution >= 4 is 23.2 Å². The van der Waals surface area contributed by atoms with Crippen LogP contribution in [-0.2, 0) is 9.59 Å². The van der Waals surface area contributed by atoms with E-state index >= 15 is 0 Å². The molecule has 0 radical (unpaired) electrons. The molecular weight excluding hydrogens is 407 g/mol. The van der Waals surface area contributed by atoms with Crippen LogP contribution in [0.2, 0.25) is 0 Å². The van der Waals surface area contributed by atoms with E-state index in [0.717, 1.165) is 16.9 Å². The van der Waals surface area contributed by atoms with Crippen LogP contribution in [0.3, 0.4) is 0 Å². The first kappa shape index (κ1) is 20.7. The van der Waals surface area contributed by atoms with E-state index in [1.807, 2.05) is 36.4 Å². The van der Waals surface area contributed by atoms with E-state index < -0.39 is 12.1 Å². The number of fused-ring (bicyclic) bond motifs is 1. The van der Waals surface area contributed by atoms with Crippen molar-refractivity contribution in [1.29, 1.82) is 0 Å². The number of pyridine rings is 1. The summed E-state index contributed by atoms with van der Waals surface area (Å²) < 4.78 is 13.2. The molecule has 2 aromatic rings. The lowest BCUT2D eigenvalue weighted by molar-refractivity contribution is -0.124. The molecule has 7 heteroatoms. The Morgan fingerprint density at radius 1 is 1.22 bits per heavy atom. The van der Waals surface area contributed by atoms with Gasteiger partial charge in [-0.25, -0.2) is 9.37 Å². The molecule has 32 heavy (non-hydrogen) atoms. The van der Waals surface area contributed by atoms with Gasteiger partial charge in [0.1, 0.15) is 17.8 Å². The maximum absolute atomic E-state index is 13.2. The summed E-state index contributed by atoms with van der Waals surface area (Å²) in [5, 5.41) is 9.85. The summed E-state index contributed by atoms with van der Waals surface area (Å²) in [6, 6.07) is 13.1. The minimum absolute atomic E-state index is 0.196. The molecule has 1 amide bonds. The highest BCUT2D eigenvalue weighted by Crippen LogP contribution is 2.44. The molecule has 1 saturated heterocycles. The van der Waals surface area contributed by atoms with Crippen molar-refractivity contribution in [3.05, 3.63) is 66.0 Å². The normalized spacial score (nSPS) is 30.0. The van der Waals surface area contributed by atoms with E-state index in [0.29, 0.717) is 12.2 Å². The van der Waals surface area contributed by atoms with Gasteiger partial charge in [-0.3, -0.25) is 9.59 Å². The maximum Gasteiger partial charge on any atom is 0.231 e. The number of carbonyl (C=O) groups is 2. The molecule has 2 heterocycles. The number of nitrogens with one attached hydrogen (secondary N) is 3. The quantitative estimate of drug-likeness (QED) is 0.663. The second-order valence-corrected chi connectivity index (χ2v) is 9.69. The molecule has 1 aromatic heterocycles. The highest BCUT2D eigenvalue weighted by molar-refractivity contribution is 5.94. The minimum Gasteiger partial charge on any atom is -0.379 e. The number of benzene rings is 1. The van der Waals surface area contributed by atoms with Gasteiger partial charge in [-0.05, 0) is 41.7 Å². The van der Waals surface area contributed by atoms with Gasteiger partial charge >= 0.3 is 0 Å². The molecule has 4 unspecified atom stereocenters. The molecule has 2 aliphatic carbocycles.